The number of aryl methyl sites for hydroxylation is 2. The summed E-state index contributed by atoms with van der Waals surface area (Å²) in [7, 11) is 3.97. The van der Waals surface area contributed by atoms with Crippen molar-refractivity contribution in [1.82, 2.24) is 19.5 Å². The number of hydrogen-bond acceptors (Lipinski definition) is 5. The smallest absolute Gasteiger partial charge is 0.224 e. The van der Waals surface area contributed by atoms with Gasteiger partial charge in [0.15, 0.2) is 0 Å². The fourth-order valence-corrected chi connectivity index (χ4v) is 2.03. The topological polar surface area (TPSA) is 58.9 Å². The summed E-state index contributed by atoms with van der Waals surface area (Å²) in [6, 6.07) is 0. The summed E-state index contributed by atoms with van der Waals surface area (Å²) in [6.45, 7) is 7.73. The largest absolute Gasteiger partial charge is 0.362 e. The maximum Gasteiger partial charge on any atom is 0.224 e. The molecule has 0 saturated carbocycles. The predicted octanol–water partition coefficient (Wildman–Crippen LogP) is 1.78. The van der Waals surface area contributed by atoms with Crippen molar-refractivity contribution in [3.8, 4) is 0 Å². The fourth-order valence-electron chi connectivity index (χ4n) is 2.03. The van der Waals surface area contributed by atoms with Crippen LogP contribution < -0.4 is 10.2 Å². The molecule has 2 aromatic rings. The van der Waals surface area contributed by atoms with Crippen LogP contribution in [-0.4, -0.2) is 40.2 Å². The molecule has 6 nitrogen and oxygen atoms in total. The summed E-state index contributed by atoms with van der Waals surface area (Å²) in [5, 5.41) is 3.25. The van der Waals surface area contributed by atoms with Gasteiger partial charge in [-0.15, -0.1) is 0 Å². The first-order chi connectivity index (χ1) is 9.49. The maximum absolute atomic E-state index is 4.51. The first kappa shape index (κ1) is 14.3. The molecular formula is C14H22N6. The Labute approximate surface area is 119 Å². The van der Waals surface area contributed by atoms with E-state index in [4.69, 9.17) is 0 Å². The molecule has 20 heavy (non-hydrogen) atoms. The van der Waals surface area contributed by atoms with E-state index in [0.717, 1.165) is 30.2 Å². The lowest BCUT2D eigenvalue weighted by molar-refractivity contribution is 0.702. The van der Waals surface area contributed by atoms with Crippen molar-refractivity contribution in [2.24, 2.45) is 0 Å². The standard InChI is InChI=1S/C14H22N6/c1-10-8-16-14(18-13(10)19(4)5)15-6-7-20-9-17-11(2)12(20)3/h8-9H,6-7H2,1-5H3,(H,15,16,18). The summed E-state index contributed by atoms with van der Waals surface area (Å²) in [5.74, 6) is 1.60. The molecule has 0 fully saturated rings. The Bertz CT molecular complexity index is 587. The first-order valence-corrected chi connectivity index (χ1v) is 6.72. The summed E-state index contributed by atoms with van der Waals surface area (Å²) in [4.78, 5) is 15.1. The Hall–Kier alpha value is -2.11. The van der Waals surface area contributed by atoms with Crippen molar-refractivity contribution < 1.29 is 0 Å². The molecule has 6 heteroatoms. The van der Waals surface area contributed by atoms with Crippen molar-refractivity contribution in [1.29, 1.82) is 0 Å². The Morgan fingerprint density at radius 3 is 2.55 bits per heavy atom. The van der Waals surface area contributed by atoms with Crippen LogP contribution in [0, 0.1) is 20.8 Å². The lowest BCUT2D eigenvalue weighted by Gasteiger charge is -2.15. The van der Waals surface area contributed by atoms with E-state index in [2.05, 4.69) is 31.8 Å². The first-order valence-electron chi connectivity index (χ1n) is 6.72. The highest BCUT2D eigenvalue weighted by Crippen LogP contribution is 2.15. The van der Waals surface area contributed by atoms with Crippen LogP contribution in [0.3, 0.4) is 0 Å². The SMILES string of the molecule is Cc1cnc(NCCn2cnc(C)c2C)nc1N(C)C. The Morgan fingerprint density at radius 1 is 1.20 bits per heavy atom. The molecule has 0 spiro atoms. The van der Waals surface area contributed by atoms with Gasteiger partial charge in [-0.2, -0.15) is 4.98 Å². The number of nitrogens with zero attached hydrogens (tertiary/aromatic N) is 5. The van der Waals surface area contributed by atoms with Gasteiger partial charge in [0.05, 0.1) is 12.0 Å². The number of hydrogen-bond donors (Lipinski definition) is 1. The van der Waals surface area contributed by atoms with E-state index in [1.807, 2.05) is 45.4 Å². The van der Waals surface area contributed by atoms with Gasteiger partial charge < -0.3 is 14.8 Å². The second kappa shape index (κ2) is 5.90. The predicted molar refractivity (Wildman–Crippen MR) is 81.3 cm³/mol. The van der Waals surface area contributed by atoms with Crippen molar-refractivity contribution in [2.75, 3.05) is 30.9 Å². The van der Waals surface area contributed by atoms with Crippen molar-refractivity contribution in [3.05, 3.63) is 29.5 Å². The Balaban J connectivity index is 1.98. The summed E-state index contributed by atoms with van der Waals surface area (Å²) in [5.41, 5.74) is 3.35. The molecule has 0 amide bonds. The number of aromatic nitrogens is 4. The molecule has 0 aliphatic heterocycles. The van der Waals surface area contributed by atoms with Gasteiger partial charge in [-0.05, 0) is 20.8 Å². The second-order valence-electron chi connectivity index (χ2n) is 5.13. The van der Waals surface area contributed by atoms with E-state index in [-0.39, 0.29) is 0 Å². The van der Waals surface area contributed by atoms with Crippen LogP contribution >= 0.6 is 0 Å². The fraction of sp³-hybridized carbons (Fsp3) is 0.500. The van der Waals surface area contributed by atoms with E-state index < -0.39 is 0 Å². The minimum Gasteiger partial charge on any atom is -0.362 e. The highest BCUT2D eigenvalue weighted by atomic mass is 15.2. The number of anilines is 2. The molecule has 0 aromatic carbocycles. The van der Waals surface area contributed by atoms with Gasteiger partial charge in [-0.1, -0.05) is 0 Å². The average Bonchev–Trinajstić information content (AvgIpc) is 2.72. The van der Waals surface area contributed by atoms with Crippen LogP contribution in [0.1, 0.15) is 17.0 Å². The molecule has 0 bridgehead atoms. The molecule has 0 atom stereocenters. The third-order valence-corrected chi connectivity index (χ3v) is 3.35. The molecule has 0 unspecified atom stereocenters. The van der Waals surface area contributed by atoms with Gasteiger partial charge in [0.2, 0.25) is 5.95 Å². The van der Waals surface area contributed by atoms with Gasteiger partial charge in [-0.25, -0.2) is 9.97 Å². The molecule has 2 rings (SSSR count). The molecule has 1 N–H and O–H groups in total. The van der Waals surface area contributed by atoms with Crippen LogP contribution in [0.15, 0.2) is 12.5 Å². The van der Waals surface area contributed by atoms with Gasteiger partial charge in [-0.3, -0.25) is 0 Å². The molecule has 2 heterocycles. The van der Waals surface area contributed by atoms with Crippen LogP contribution in [0.4, 0.5) is 11.8 Å². The molecule has 0 saturated heterocycles. The summed E-state index contributed by atoms with van der Waals surface area (Å²) in [6.07, 6.45) is 3.71. The number of rotatable bonds is 5. The van der Waals surface area contributed by atoms with E-state index in [1.54, 1.807) is 0 Å². The van der Waals surface area contributed by atoms with Gasteiger partial charge in [0.25, 0.3) is 0 Å². The van der Waals surface area contributed by atoms with Crippen molar-refractivity contribution >= 4 is 11.8 Å². The lowest BCUT2D eigenvalue weighted by atomic mass is 10.3. The van der Waals surface area contributed by atoms with Crippen LogP contribution in [0.5, 0.6) is 0 Å². The molecule has 0 aliphatic rings. The van der Waals surface area contributed by atoms with E-state index in [9.17, 15) is 0 Å². The minimum absolute atomic E-state index is 0.661. The summed E-state index contributed by atoms with van der Waals surface area (Å²) < 4.78 is 2.13. The molecular weight excluding hydrogens is 252 g/mol. The van der Waals surface area contributed by atoms with Crippen molar-refractivity contribution in [3.63, 3.8) is 0 Å². The van der Waals surface area contributed by atoms with E-state index in [1.165, 1.54) is 5.69 Å². The molecule has 108 valence electrons. The molecule has 0 radical (unpaired) electrons. The second-order valence-corrected chi connectivity index (χ2v) is 5.13. The third-order valence-electron chi connectivity index (χ3n) is 3.35. The van der Waals surface area contributed by atoms with E-state index >= 15 is 0 Å². The zero-order valence-electron chi connectivity index (χ0n) is 12.8. The molecule has 0 aliphatic carbocycles. The van der Waals surface area contributed by atoms with Crippen LogP contribution in [-0.2, 0) is 6.54 Å². The van der Waals surface area contributed by atoms with Gasteiger partial charge in [0, 0.05) is 44.6 Å². The lowest BCUT2D eigenvalue weighted by Crippen LogP contribution is -2.16. The maximum atomic E-state index is 4.51. The van der Waals surface area contributed by atoms with Crippen LogP contribution in [0.2, 0.25) is 0 Å². The Kier molecular flexibility index (Phi) is 4.22. The number of nitrogens with one attached hydrogen (secondary N) is 1. The Morgan fingerprint density at radius 2 is 1.95 bits per heavy atom. The average molecular weight is 274 g/mol. The van der Waals surface area contributed by atoms with E-state index in [0.29, 0.717) is 5.95 Å². The zero-order chi connectivity index (χ0) is 14.7. The quantitative estimate of drug-likeness (QED) is 0.900. The highest BCUT2D eigenvalue weighted by molar-refractivity contribution is 5.47. The minimum atomic E-state index is 0.661. The number of imidazole rings is 1. The highest BCUT2D eigenvalue weighted by Gasteiger charge is 2.06. The van der Waals surface area contributed by atoms with Crippen molar-refractivity contribution in [2.45, 2.75) is 27.3 Å². The monoisotopic (exact) mass is 274 g/mol. The molecule has 2 aromatic heterocycles. The normalized spacial score (nSPS) is 10.7. The van der Waals surface area contributed by atoms with Crippen LogP contribution in [0.25, 0.3) is 0 Å². The zero-order valence-corrected chi connectivity index (χ0v) is 12.8. The van der Waals surface area contributed by atoms with Gasteiger partial charge in [0.1, 0.15) is 5.82 Å². The third kappa shape index (κ3) is 3.07. The summed E-state index contributed by atoms with van der Waals surface area (Å²) >= 11 is 0. The van der Waals surface area contributed by atoms with Gasteiger partial charge >= 0.3 is 0 Å².